The number of aryl methyl sites for hydroxylation is 1. The molecule has 0 bridgehead atoms. The molecule has 3 aromatic rings. The van der Waals surface area contributed by atoms with Gasteiger partial charge in [0.2, 0.25) is 5.91 Å². The molecule has 6 nitrogen and oxygen atoms in total. The summed E-state index contributed by atoms with van der Waals surface area (Å²) in [7, 11) is 1.84. The van der Waals surface area contributed by atoms with Gasteiger partial charge >= 0.3 is 6.18 Å². The van der Waals surface area contributed by atoms with Gasteiger partial charge in [0.1, 0.15) is 10.9 Å². The molecule has 4 rings (SSSR count). The largest absolute Gasteiger partial charge is 0.435 e. The van der Waals surface area contributed by atoms with Crippen LogP contribution in [0.15, 0.2) is 48.7 Å². The molecule has 1 aromatic carbocycles. The first-order valence-electron chi connectivity index (χ1n) is 11.6. The van der Waals surface area contributed by atoms with Crippen LogP contribution in [0.3, 0.4) is 0 Å². The lowest BCUT2D eigenvalue weighted by atomic mass is 9.83. The zero-order valence-electron chi connectivity index (χ0n) is 20.0. The van der Waals surface area contributed by atoms with Crippen LogP contribution in [0.4, 0.5) is 13.2 Å². The Bertz CT molecular complexity index is 1320. The number of thiophene rings is 1. The maximum Gasteiger partial charge on any atom is 0.435 e. The zero-order chi connectivity index (χ0) is 25.9. The first kappa shape index (κ1) is 25.7. The van der Waals surface area contributed by atoms with Crippen molar-refractivity contribution in [1.29, 1.82) is 5.26 Å². The number of hydrogen-bond acceptors (Lipinski definition) is 5. The third-order valence-corrected chi connectivity index (χ3v) is 7.22. The number of alkyl halides is 3. The monoisotopic (exact) mass is 513 g/mol. The first-order chi connectivity index (χ1) is 17.3. The Morgan fingerprint density at radius 1 is 1.31 bits per heavy atom. The molecule has 188 valence electrons. The lowest BCUT2D eigenvalue weighted by molar-refractivity contribution is -0.141. The summed E-state index contributed by atoms with van der Waals surface area (Å²) in [5.41, 5.74) is 1.04. The van der Waals surface area contributed by atoms with E-state index in [1.54, 1.807) is 48.2 Å². The molecule has 0 fully saturated rings. The summed E-state index contributed by atoms with van der Waals surface area (Å²) in [5, 5.41) is 16.3. The van der Waals surface area contributed by atoms with E-state index >= 15 is 0 Å². The van der Waals surface area contributed by atoms with Gasteiger partial charge in [0.15, 0.2) is 5.69 Å². The number of halogens is 3. The Hall–Kier alpha value is -3.42. The molecule has 10 heteroatoms. The van der Waals surface area contributed by atoms with Crippen LogP contribution < -0.4 is 5.32 Å². The number of nitrogens with zero attached hydrogens (tertiary/aromatic N) is 4. The molecule has 1 aliphatic heterocycles. The molecule has 0 saturated carbocycles. The number of benzene rings is 1. The molecule has 0 spiro atoms. The van der Waals surface area contributed by atoms with Gasteiger partial charge < -0.3 is 10.2 Å². The third kappa shape index (κ3) is 5.22. The summed E-state index contributed by atoms with van der Waals surface area (Å²) in [6.07, 6.45) is 0.857. The summed E-state index contributed by atoms with van der Waals surface area (Å²) >= 11 is 1.32. The van der Waals surface area contributed by atoms with Crippen LogP contribution in [-0.4, -0.2) is 40.7 Å². The molecular weight excluding hydrogens is 487 g/mol. The second-order valence-electron chi connectivity index (χ2n) is 8.50. The van der Waals surface area contributed by atoms with E-state index < -0.39 is 11.9 Å². The molecule has 0 saturated heterocycles. The van der Waals surface area contributed by atoms with E-state index in [9.17, 15) is 23.2 Å². The number of nitriles is 1. The number of rotatable bonds is 7. The molecule has 1 unspecified atom stereocenters. The minimum atomic E-state index is -4.61. The van der Waals surface area contributed by atoms with Gasteiger partial charge in [0.25, 0.3) is 0 Å². The van der Waals surface area contributed by atoms with Crippen molar-refractivity contribution >= 4 is 17.2 Å². The predicted molar refractivity (Wildman–Crippen MR) is 132 cm³/mol. The highest BCUT2D eigenvalue weighted by Crippen LogP contribution is 2.44. The average molecular weight is 514 g/mol. The maximum absolute atomic E-state index is 13.9. The molecule has 36 heavy (non-hydrogen) atoms. The summed E-state index contributed by atoms with van der Waals surface area (Å²) in [6, 6.07) is 10.9. The van der Waals surface area contributed by atoms with Crippen molar-refractivity contribution in [2.45, 2.75) is 38.5 Å². The third-order valence-electron chi connectivity index (χ3n) is 6.18. The van der Waals surface area contributed by atoms with Gasteiger partial charge in [-0.25, -0.2) is 0 Å². The maximum atomic E-state index is 13.9. The van der Waals surface area contributed by atoms with Gasteiger partial charge in [-0.15, -0.1) is 11.3 Å². The van der Waals surface area contributed by atoms with Crippen LogP contribution >= 0.6 is 11.3 Å². The number of amides is 1. The number of aromatic nitrogens is 2. The smallest absolute Gasteiger partial charge is 0.333 e. The fourth-order valence-corrected chi connectivity index (χ4v) is 5.50. The Balaban J connectivity index is 1.80. The highest BCUT2D eigenvalue weighted by molar-refractivity contribution is 7.12. The lowest BCUT2D eigenvalue weighted by Gasteiger charge is -2.33. The Morgan fingerprint density at radius 2 is 2.08 bits per heavy atom. The highest BCUT2D eigenvalue weighted by Gasteiger charge is 2.39. The number of hydrogen-bond donors (Lipinski definition) is 1. The quantitative estimate of drug-likeness (QED) is 0.350. The van der Waals surface area contributed by atoms with Gasteiger partial charge in [0.05, 0.1) is 6.54 Å². The van der Waals surface area contributed by atoms with E-state index in [-0.39, 0.29) is 17.4 Å². The predicted octanol–water partition coefficient (Wildman–Crippen LogP) is 5.16. The van der Waals surface area contributed by atoms with Crippen molar-refractivity contribution in [3.63, 3.8) is 0 Å². The standard InChI is InChI=1S/C26H26F3N5OS/c1-3-34-15-22(25(32-34)26(27,28)29)19-9-5-4-8-18(19)21-14-33(24(35)10-6-7-11-31-2)16-23-20(21)12-17(13-30)36-23/h4-6,8-10,12,15,21,31H,3,7,11,14,16H2,1-2H3/b10-6+. The van der Waals surface area contributed by atoms with Crippen molar-refractivity contribution in [2.24, 2.45) is 0 Å². The Labute approximate surface area is 211 Å². The zero-order valence-corrected chi connectivity index (χ0v) is 20.8. The van der Waals surface area contributed by atoms with Gasteiger partial charge in [-0.2, -0.15) is 23.5 Å². The SMILES string of the molecule is CCn1cc(-c2ccccc2C2CN(C(=O)/C=C/CCNC)Cc3sc(C#N)cc32)c(C(F)(F)F)n1. The van der Waals surface area contributed by atoms with Crippen LogP contribution in [0.2, 0.25) is 0 Å². The van der Waals surface area contributed by atoms with E-state index in [1.165, 1.54) is 28.3 Å². The van der Waals surface area contributed by atoms with E-state index in [0.717, 1.165) is 17.0 Å². The summed E-state index contributed by atoms with van der Waals surface area (Å²) < 4.78 is 43.0. The summed E-state index contributed by atoms with van der Waals surface area (Å²) in [4.78, 5) is 16.1. The van der Waals surface area contributed by atoms with Crippen molar-refractivity contribution in [1.82, 2.24) is 20.0 Å². The Kier molecular flexibility index (Phi) is 7.62. The molecule has 1 amide bonds. The van der Waals surface area contributed by atoms with Crippen LogP contribution in [0.1, 0.15) is 45.8 Å². The molecule has 1 atom stereocenters. The number of nitrogens with one attached hydrogen (secondary N) is 1. The van der Waals surface area contributed by atoms with Crippen LogP contribution in [0.5, 0.6) is 0 Å². The molecule has 2 aromatic heterocycles. The number of carbonyl (C=O) groups is 1. The normalized spacial score (nSPS) is 15.8. The van der Waals surface area contributed by atoms with E-state index in [2.05, 4.69) is 16.5 Å². The second kappa shape index (κ2) is 10.7. The summed E-state index contributed by atoms with van der Waals surface area (Å²) in [5.74, 6) is -0.551. The number of fused-ring (bicyclic) bond motifs is 1. The average Bonchev–Trinajstić information content (AvgIpc) is 3.50. The topological polar surface area (TPSA) is 74.0 Å². The van der Waals surface area contributed by atoms with E-state index in [0.29, 0.717) is 42.1 Å². The molecule has 1 N–H and O–H groups in total. The van der Waals surface area contributed by atoms with Crippen LogP contribution in [0.25, 0.3) is 11.1 Å². The second-order valence-corrected chi connectivity index (χ2v) is 9.64. The van der Waals surface area contributed by atoms with Crippen molar-refractivity contribution in [2.75, 3.05) is 20.1 Å². The summed E-state index contributed by atoms with van der Waals surface area (Å²) in [6.45, 7) is 3.43. The van der Waals surface area contributed by atoms with Gasteiger partial charge in [0, 0.05) is 35.6 Å². The molecular formula is C26H26F3N5OS. The van der Waals surface area contributed by atoms with Gasteiger partial charge in [-0.3, -0.25) is 9.48 Å². The minimum Gasteiger partial charge on any atom is -0.333 e. The van der Waals surface area contributed by atoms with E-state index in [1.807, 2.05) is 7.05 Å². The van der Waals surface area contributed by atoms with Crippen molar-refractivity contribution < 1.29 is 18.0 Å². The fraction of sp³-hybridized carbons (Fsp3) is 0.346. The Morgan fingerprint density at radius 3 is 2.78 bits per heavy atom. The minimum absolute atomic E-state index is 0.00708. The highest BCUT2D eigenvalue weighted by atomic mass is 32.1. The first-order valence-corrected chi connectivity index (χ1v) is 12.4. The number of carbonyl (C=O) groups excluding carboxylic acids is 1. The van der Waals surface area contributed by atoms with E-state index in [4.69, 9.17) is 0 Å². The molecule has 0 aliphatic carbocycles. The lowest BCUT2D eigenvalue weighted by Crippen LogP contribution is -2.37. The fourth-order valence-electron chi connectivity index (χ4n) is 4.46. The van der Waals surface area contributed by atoms with Crippen LogP contribution in [-0.2, 0) is 24.1 Å². The van der Waals surface area contributed by atoms with Gasteiger partial charge in [-0.05, 0) is 55.8 Å². The molecule has 0 radical (unpaired) electrons. The van der Waals surface area contributed by atoms with Gasteiger partial charge in [-0.1, -0.05) is 30.3 Å². The van der Waals surface area contributed by atoms with Crippen molar-refractivity contribution in [3.05, 3.63) is 75.3 Å². The molecule has 3 heterocycles. The molecule has 1 aliphatic rings. The van der Waals surface area contributed by atoms with Crippen LogP contribution in [0, 0.1) is 11.3 Å². The van der Waals surface area contributed by atoms with Crippen molar-refractivity contribution in [3.8, 4) is 17.2 Å².